The minimum Gasteiger partial charge on any atom is -0.481 e. The Kier molecular flexibility index (Phi) is 5.16. The van der Waals surface area contributed by atoms with Crippen molar-refractivity contribution in [2.75, 3.05) is 11.9 Å². The monoisotopic (exact) mass is 350 g/mol. The number of hydrogen-bond donors (Lipinski definition) is 3. The normalized spacial score (nSPS) is 10.3. The zero-order chi connectivity index (χ0) is 15.2. The molecule has 0 atom stereocenters. The molecule has 0 fully saturated rings. The molecular weight excluding hydrogens is 336 g/mol. The van der Waals surface area contributed by atoms with E-state index >= 15 is 0 Å². The largest absolute Gasteiger partial charge is 0.481 e. The van der Waals surface area contributed by atoms with Crippen molar-refractivity contribution >= 4 is 44.4 Å². The summed E-state index contributed by atoms with van der Waals surface area (Å²) in [4.78, 5) is 22.2. The molecule has 0 aliphatic heterocycles. The van der Waals surface area contributed by atoms with Gasteiger partial charge < -0.3 is 15.7 Å². The van der Waals surface area contributed by atoms with Crippen molar-refractivity contribution in [3.8, 4) is 0 Å². The van der Waals surface area contributed by atoms with Gasteiger partial charge in [-0.15, -0.1) is 0 Å². The van der Waals surface area contributed by atoms with Gasteiger partial charge in [0.1, 0.15) is 0 Å². The van der Waals surface area contributed by atoms with Crippen LogP contribution in [0.2, 0.25) is 0 Å². The Hall–Kier alpha value is -2.08. The highest BCUT2D eigenvalue weighted by molar-refractivity contribution is 9.10. The Morgan fingerprint density at radius 2 is 1.81 bits per heavy atom. The van der Waals surface area contributed by atoms with Crippen LogP contribution in [0.4, 0.5) is 10.5 Å². The summed E-state index contributed by atoms with van der Waals surface area (Å²) in [6, 6.07) is 11.1. The average Bonchev–Trinajstić information content (AvgIpc) is 2.47. The number of aliphatic carboxylic acids is 1. The molecule has 0 radical (unpaired) electrons. The van der Waals surface area contributed by atoms with Crippen LogP contribution in [0, 0.1) is 0 Å². The second-order valence-electron chi connectivity index (χ2n) is 4.52. The molecule has 0 aliphatic carbocycles. The van der Waals surface area contributed by atoms with Crippen molar-refractivity contribution < 1.29 is 14.7 Å². The van der Waals surface area contributed by atoms with E-state index in [1.54, 1.807) is 0 Å². The summed E-state index contributed by atoms with van der Waals surface area (Å²) in [7, 11) is 0. The van der Waals surface area contributed by atoms with E-state index in [9.17, 15) is 9.59 Å². The van der Waals surface area contributed by atoms with Crippen molar-refractivity contribution in [1.82, 2.24) is 5.32 Å². The number of carboxylic acid groups (broad SMARTS) is 1. The number of nitrogens with one attached hydrogen (secondary N) is 2. The standard InChI is InChI=1S/C15H15BrN2O3/c16-12-7-8-13(11-5-2-1-4-10(11)12)18-15(21)17-9-3-6-14(19)20/h1-2,4-5,7-8H,3,6,9H2,(H,19,20)(H2,17,18,21). The molecule has 5 nitrogen and oxygen atoms in total. The van der Waals surface area contributed by atoms with Crippen LogP contribution >= 0.6 is 15.9 Å². The third kappa shape index (κ3) is 4.19. The van der Waals surface area contributed by atoms with Crippen LogP contribution in [0.1, 0.15) is 12.8 Å². The van der Waals surface area contributed by atoms with Crippen molar-refractivity contribution in [2.24, 2.45) is 0 Å². The lowest BCUT2D eigenvalue weighted by atomic mass is 10.1. The second-order valence-corrected chi connectivity index (χ2v) is 5.37. The fourth-order valence-electron chi connectivity index (χ4n) is 1.98. The Bertz CT molecular complexity index is 673. The molecule has 2 aromatic rings. The number of carboxylic acids is 1. The van der Waals surface area contributed by atoms with Gasteiger partial charge in [-0.3, -0.25) is 4.79 Å². The number of carbonyl (C=O) groups is 2. The van der Waals surface area contributed by atoms with Crippen molar-refractivity contribution in [3.63, 3.8) is 0 Å². The summed E-state index contributed by atoms with van der Waals surface area (Å²) < 4.78 is 0.963. The molecule has 0 aliphatic rings. The summed E-state index contributed by atoms with van der Waals surface area (Å²) in [5.41, 5.74) is 0.713. The first-order valence-electron chi connectivity index (χ1n) is 6.52. The maximum atomic E-state index is 11.8. The minimum atomic E-state index is -0.865. The summed E-state index contributed by atoms with van der Waals surface area (Å²) in [6.07, 6.45) is 0.450. The van der Waals surface area contributed by atoms with Gasteiger partial charge >= 0.3 is 12.0 Å². The fourth-order valence-corrected chi connectivity index (χ4v) is 2.46. The maximum Gasteiger partial charge on any atom is 0.319 e. The number of rotatable bonds is 5. The first-order chi connectivity index (χ1) is 10.1. The van der Waals surface area contributed by atoms with E-state index in [1.807, 2.05) is 36.4 Å². The zero-order valence-electron chi connectivity index (χ0n) is 11.2. The van der Waals surface area contributed by atoms with E-state index in [1.165, 1.54) is 0 Å². The quantitative estimate of drug-likeness (QED) is 0.721. The smallest absolute Gasteiger partial charge is 0.319 e. The summed E-state index contributed by atoms with van der Waals surface area (Å²) in [5, 5.41) is 15.9. The van der Waals surface area contributed by atoms with Crippen LogP contribution in [0.3, 0.4) is 0 Å². The molecule has 0 heterocycles. The highest BCUT2D eigenvalue weighted by Gasteiger charge is 2.07. The van der Waals surface area contributed by atoms with Crippen LogP contribution < -0.4 is 10.6 Å². The molecule has 0 bridgehead atoms. The molecular formula is C15H15BrN2O3. The molecule has 0 aromatic heterocycles. The summed E-state index contributed by atoms with van der Waals surface area (Å²) >= 11 is 3.48. The predicted octanol–water partition coefficient (Wildman–Crippen LogP) is 3.59. The molecule has 0 saturated heterocycles. The number of fused-ring (bicyclic) bond motifs is 1. The lowest BCUT2D eigenvalue weighted by Gasteiger charge is -2.11. The summed E-state index contributed by atoms with van der Waals surface area (Å²) in [6.45, 7) is 0.326. The second kappa shape index (κ2) is 7.08. The molecule has 2 rings (SSSR count). The number of halogens is 1. The Balaban J connectivity index is 2.01. The van der Waals surface area contributed by atoms with Gasteiger partial charge in [-0.25, -0.2) is 4.79 Å². The molecule has 6 heteroatoms. The van der Waals surface area contributed by atoms with Gasteiger partial charge in [-0.2, -0.15) is 0 Å². The number of carbonyl (C=O) groups excluding carboxylic acids is 1. The first-order valence-corrected chi connectivity index (χ1v) is 7.31. The fraction of sp³-hybridized carbons (Fsp3) is 0.200. The Morgan fingerprint density at radius 3 is 2.52 bits per heavy atom. The molecule has 3 N–H and O–H groups in total. The van der Waals surface area contributed by atoms with Crippen LogP contribution in [0.5, 0.6) is 0 Å². The first kappa shape index (κ1) is 15.3. The predicted molar refractivity (Wildman–Crippen MR) is 85.5 cm³/mol. The molecule has 2 amide bonds. The lowest BCUT2D eigenvalue weighted by Crippen LogP contribution is -2.29. The Labute approximate surface area is 130 Å². The summed E-state index contributed by atoms with van der Waals surface area (Å²) in [5.74, 6) is -0.865. The maximum absolute atomic E-state index is 11.8. The van der Waals surface area contributed by atoms with E-state index < -0.39 is 5.97 Å². The van der Waals surface area contributed by atoms with Gasteiger partial charge in [-0.05, 0) is 23.9 Å². The van der Waals surface area contributed by atoms with Crippen molar-refractivity contribution in [1.29, 1.82) is 0 Å². The lowest BCUT2D eigenvalue weighted by molar-refractivity contribution is -0.137. The molecule has 0 spiro atoms. The molecule has 110 valence electrons. The van der Waals surface area contributed by atoms with Crippen LogP contribution in [0.15, 0.2) is 40.9 Å². The molecule has 21 heavy (non-hydrogen) atoms. The van der Waals surface area contributed by atoms with E-state index in [2.05, 4.69) is 26.6 Å². The van der Waals surface area contributed by atoms with E-state index in [0.717, 1.165) is 15.2 Å². The third-order valence-electron chi connectivity index (χ3n) is 2.97. The van der Waals surface area contributed by atoms with Gasteiger partial charge in [-0.1, -0.05) is 40.2 Å². The number of anilines is 1. The van der Waals surface area contributed by atoms with Crippen molar-refractivity contribution in [2.45, 2.75) is 12.8 Å². The topological polar surface area (TPSA) is 78.4 Å². The molecule has 0 saturated carbocycles. The van der Waals surface area contributed by atoms with Gasteiger partial charge in [0.15, 0.2) is 0 Å². The van der Waals surface area contributed by atoms with Gasteiger partial charge in [0.05, 0.1) is 5.69 Å². The van der Waals surface area contributed by atoms with E-state index in [-0.39, 0.29) is 12.5 Å². The van der Waals surface area contributed by atoms with E-state index in [4.69, 9.17) is 5.11 Å². The molecule has 2 aromatic carbocycles. The van der Waals surface area contributed by atoms with Crippen LogP contribution in [-0.4, -0.2) is 23.7 Å². The Morgan fingerprint density at radius 1 is 1.10 bits per heavy atom. The number of amides is 2. The minimum absolute atomic E-state index is 0.0431. The van der Waals surface area contributed by atoms with Gasteiger partial charge in [0.2, 0.25) is 0 Å². The van der Waals surface area contributed by atoms with E-state index in [0.29, 0.717) is 18.7 Å². The SMILES string of the molecule is O=C(O)CCCNC(=O)Nc1ccc(Br)c2ccccc12. The van der Waals surface area contributed by atoms with Gasteiger partial charge in [0.25, 0.3) is 0 Å². The number of hydrogen-bond acceptors (Lipinski definition) is 2. The highest BCUT2D eigenvalue weighted by atomic mass is 79.9. The highest BCUT2D eigenvalue weighted by Crippen LogP contribution is 2.29. The molecule has 0 unspecified atom stereocenters. The number of urea groups is 1. The van der Waals surface area contributed by atoms with Crippen molar-refractivity contribution in [3.05, 3.63) is 40.9 Å². The van der Waals surface area contributed by atoms with Gasteiger partial charge in [0, 0.05) is 22.8 Å². The average molecular weight is 351 g/mol. The number of benzene rings is 2. The van der Waals surface area contributed by atoms with Crippen LogP contribution in [-0.2, 0) is 4.79 Å². The third-order valence-corrected chi connectivity index (χ3v) is 3.66. The zero-order valence-corrected chi connectivity index (χ0v) is 12.8. The van der Waals surface area contributed by atoms with Crippen LogP contribution in [0.25, 0.3) is 10.8 Å².